The molecule has 120 valence electrons. The molecule has 0 bridgehead atoms. The lowest BCUT2D eigenvalue weighted by atomic mass is 10.0. The first-order valence-electron chi connectivity index (χ1n) is 7.78. The zero-order valence-corrected chi connectivity index (χ0v) is 13.8. The molecular weight excluding hydrogens is 290 g/mol. The molecule has 0 radical (unpaired) electrons. The van der Waals surface area contributed by atoms with Crippen molar-refractivity contribution in [2.45, 2.75) is 33.7 Å². The maximum Gasteiger partial charge on any atom is 0.255 e. The standard InChI is InChI=1S/C18H21N3O2/c1-10(2)16(17-19-14-7-5-6-8-15(14)20-17)21-18(22)13-9-11(3)23-12(13)4/h5-10,16H,1-4H3,(H,19,20)(H,21,22). The van der Waals surface area contributed by atoms with Crippen LogP contribution in [0.5, 0.6) is 0 Å². The van der Waals surface area contributed by atoms with Gasteiger partial charge in [-0.1, -0.05) is 26.0 Å². The molecule has 0 aliphatic carbocycles. The van der Waals surface area contributed by atoms with Crippen LogP contribution < -0.4 is 5.32 Å². The van der Waals surface area contributed by atoms with Crippen molar-refractivity contribution in [1.29, 1.82) is 0 Å². The van der Waals surface area contributed by atoms with Gasteiger partial charge in [-0.2, -0.15) is 0 Å². The van der Waals surface area contributed by atoms with Gasteiger partial charge in [-0.3, -0.25) is 4.79 Å². The third-order valence-electron chi connectivity index (χ3n) is 3.94. The number of nitrogens with zero attached hydrogens (tertiary/aromatic N) is 1. The zero-order valence-electron chi connectivity index (χ0n) is 13.8. The second kappa shape index (κ2) is 5.91. The second-order valence-electron chi connectivity index (χ2n) is 6.16. The van der Waals surface area contributed by atoms with E-state index < -0.39 is 0 Å². The van der Waals surface area contributed by atoms with Gasteiger partial charge in [0.15, 0.2) is 0 Å². The lowest BCUT2D eigenvalue weighted by Crippen LogP contribution is -2.32. The minimum atomic E-state index is -0.190. The molecule has 5 nitrogen and oxygen atoms in total. The summed E-state index contributed by atoms with van der Waals surface area (Å²) < 4.78 is 5.45. The molecule has 1 aromatic carbocycles. The van der Waals surface area contributed by atoms with Gasteiger partial charge in [-0.25, -0.2) is 4.98 Å². The number of H-pyrrole nitrogens is 1. The number of amides is 1. The molecule has 2 N–H and O–H groups in total. The number of hydrogen-bond acceptors (Lipinski definition) is 3. The van der Waals surface area contributed by atoms with Crippen molar-refractivity contribution in [1.82, 2.24) is 15.3 Å². The molecule has 0 saturated carbocycles. The Morgan fingerprint density at radius 3 is 2.61 bits per heavy atom. The Morgan fingerprint density at radius 2 is 2.00 bits per heavy atom. The molecule has 3 aromatic rings. The van der Waals surface area contributed by atoms with E-state index in [1.807, 2.05) is 31.2 Å². The first-order valence-corrected chi connectivity index (χ1v) is 7.78. The number of aryl methyl sites for hydroxylation is 2. The van der Waals surface area contributed by atoms with Crippen LogP contribution in [-0.4, -0.2) is 15.9 Å². The summed E-state index contributed by atoms with van der Waals surface area (Å²) in [4.78, 5) is 20.5. The van der Waals surface area contributed by atoms with E-state index in [-0.39, 0.29) is 17.9 Å². The molecule has 0 fully saturated rings. The monoisotopic (exact) mass is 311 g/mol. The highest BCUT2D eigenvalue weighted by Crippen LogP contribution is 2.23. The maximum atomic E-state index is 12.6. The quantitative estimate of drug-likeness (QED) is 0.767. The molecule has 1 amide bonds. The molecule has 1 unspecified atom stereocenters. The Kier molecular flexibility index (Phi) is 3.94. The highest BCUT2D eigenvalue weighted by molar-refractivity contribution is 5.95. The molecule has 2 aromatic heterocycles. The maximum absolute atomic E-state index is 12.6. The summed E-state index contributed by atoms with van der Waals surface area (Å²) in [6.45, 7) is 7.76. The Hall–Kier alpha value is -2.56. The van der Waals surface area contributed by atoms with Crippen molar-refractivity contribution in [2.75, 3.05) is 0 Å². The number of hydrogen-bond donors (Lipinski definition) is 2. The Labute approximate surface area is 135 Å². The fraction of sp³-hybridized carbons (Fsp3) is 0.333. The van der Waals surface area contributed by atoms with Crippen LogP contribution in [0, 0.1) is 19.8 Å². The molecule has 0 aliphatic rings. The number of carbonyl (C=O) groups is 1. The predicted octanol–water partition coefficient (Wildman–Crippen LogP) is 3.90. The number of imidazole rings is 1. The van der Waals surface area contributed by atoms with Crippen LogP contribution >= 0.6 is 0 Å². The number of aromatic nitrogens is 2. The summed E-state index contributed by atoms with van der Waals surface area (Å²) in [5.74, 6) is 2.20. The van der Waals surface area contributed by atoms with Crippen molar-refractivity contribution in [3.63, 3.8) is 0 Å². The number of fused-ring (bicyclic) bond motifs is 1. The Morgan fingerprint density at radius 1 is 1.26 bits per heavy atom. The number of benzene rings is 1. The molecule has 0 aliphatic heterocycles. The molecule has 0 saturated heterocycles. The third-order valence-corrected chi connectivity index (χ3v) is 3.94. The molecular formula is C18H21N3O2. The van der Waals surface area contributed by atoms with Gasteiger partial charge in [-0.05, 0) is 38.0 Å². The largest absolute Gasteiger partial charge is 0.466 e. The van der Waals surface area contributed by atoms with E-state index in [2.05, 4.69) is 29.1 Å². The number of rotatable bonds is 4. The lowest BCUT2D eigenvalue weighted by molar-refractivity contribution is 0.0922. The first kappa shape index (κ1) is 15.3. The number of nitrogens with one attached hydrogen (secondary N) is 2. The fourth-order valence-electron chi connectivity index (χ4n) is 2.75. The van der Waals surface area contributed by atoms with Crippen LogP contribution in [0.2, 0.25) is 0 Å². The van der Waals surface area contributed by atoms with E-state index >= 15 is 0 Å². The average Bonchev–Trinajstić information content (AvgIpc) is 3.06. The summed E-state index contributed by atoms with van der Waals surface area (Å²) in [6, 6.07) is 9.43. The SMILES string of the molecule is Cc1cc(C(=O)NC(c2nc3ccccc3[nH]2)C(C)C)c(C)o1. The predicted molar refractivity (Wildman–Crippen MR) is 89.3 cm³/mol. The van der Waals surface area contributed by atoms with E-state index in [9.17, 15) is 4.79 Å². The third kappa shape index (κ3) is 2.99. The normalized spacial score (nSPS) is 12.7. The molecule has 0 spiro atoms. The first-order chi connectivity index (χ1) is 11.0. The van der Waals surface area contributed by atoms with Crippen LogP contribution in [0.4, 0.5) is 0 Å². The van der Waals surface area contributed by atoms with Crippen molar-refractivity contribution in [3.05, 3.63) is 53.2 Å². The van der Waals surface area contributed by atoms with Gasteiger partial charge in [-0.15, -0.1) is 0 Å². The van der Waals surface area contributed by atoms with Gasteiger partial charge < -0.3 is 14.7 Å². The van der Waals surface area contributed by atoms with Crippen molar-refractivity contribution >= 4 is 16.9 Å². The second-order valence-corrected chi connectivity index (χ2v) is 6.16. The Bertz CT molecular complexity index is 812. The molecule has 3 rings (SSSR count). The van der Waals surface area contributed by atoms with Crippen LogP contribution in [0.15, 0.2) is 34.7 Å². The topological polar surface area (TPSA) is 70.9 Å². The number of furan rings is 1. The van der Waals surface area contributed by atoms with Gasteiger partial charge in [0.25, 0.3) is 5.91 Å². The van der Waals surface area contributed by atoms with Gasteiger partial charge in [0.1, 0.15) is 17.3 Å². The molecule has 1 atom stereocenters. The Balaban J connectivity index is 1.90. The molecule has 5 heteroatoms. The van der Waals surface area contributed by atoms with Gasteiger partial charge in [0.2, 0.25) is 0 Å². The van der Waals surface area contributed by atoms with E-state index in [4.69, 9.17) is 4.42 Å². The number of para-hydroxylation sites is 2. The van der Waals surface area contributed by atoms with Gasteiger partial charge in [0, 0.05) is 0 Å². The van der Waals surface area contributed by atoms with Crippen LogP contribution in [-0.2, 0) is 0 Å². The number of aromatic amines is 1. The van der Waals surface area contributed by atoms with Crippen LogP contribution in [0.25, 0.3) is 11.0 Å². The summed E-state index contributed by atoms with van der Waals surface area (Å²) in [5.41, 5.74) is 2.44. The summed E-state index contributed by atoms with van der Waals surface area (Å²) in [5, 5.41) is 3.07. The van der Waals surface area contributed by atoms with E-state index in [1.54, 1.807) is 13.0 Å². The average molecular weight is 311 g/mol. The van der Waals surface area contributed by atoms with Crippen LogP contribution in [0.3, 0.4) is 0 Å². The van der Waals surface area contributed by atoms with Gasteiger partial charge >= 0.3 is 0 Å². The minimum absolute atomic E-state index is 0.140. The zero-order chi connectivity index (χ0) is 16.6. The van der Waals surface area contributed by atoms with Gasteiger partial charge in [0.05, 0.1) is 22.6 Å². The molecule has 2 heterocycles. The smallest absolute Gasteiger partial charge is 0.255 e. The highest BCUT2D eigenvalue weighted by Gasteiger charge is 2.24. The fourth-order valence-corrected chi connectivity index (χ4v) is 2.75. The highest BCUT2D eigenvalue weighted by atomic mass is 16.3. The van der Waals surface area contributed by atoms with E-state index in [0.717, 1.165) is 22.6 Å². The van der Waals surface area contributed by atoms with Crippen LogP contribution in [0.1, 0.15) is 47.6 Å². The summed E-state index contributed by atoms with van der Waals surface area (Å²) in [7, 11) is 0. The lowest BCUT2D eigenvalue weighted by Gasteiger charge is -2.20. The minimum Gasteiger partial charge on any atom is -0.466 e. The van der Waals surface area contributed by atoms with E-state index in [1.165, 1.54) is 0 Å². The van der Waals surface area contributed by atoms with E-state index in [0.29, 0.717) is 11.3 Å². The number of carbonyl (C=O) groups excluding carboxylic acids is 1. The van der Waals surface area contributed by atoms with Crippen molar-refractivity contribution in [2.24, 2.45) is 5.92 Å². The summed E-state index contributed by atoms with van der Waals surface area (Å²) in [6.07, 6.45) is 0. The molecule has 23 heavy (non-hydrogen) atoms. The summed E-state index contributed by atoms with van der Waals surface area (Å²) >= 11 is 0. The van der Waals surface area contributed by atoms with Crippen molar-refractivity contribution < 1.29 is 9.21 Å². The van der Waals surface area contributed by atoms with Crippen molar-refractivity contribution in [3.8, 4) is 0 Å².